The highest BCUT2D eigenvalue weighted by Gasteiger charge is 2.38. The number of aromatic nitrogens is 1. The van der Waals surface area contributed by atoms with Crippen LogP contribution in [0, 0.1) is 0 Å². The number of carboxylic acids is 1. The van der Waals surface area contributed by atoms with Gasteiger partial charge in [-0.1, -0.05) is 18.2 Å². The van der Waals surface area contributed by atoms with Crippen molar-refractivity contribution >= 4 is 47.2 Å². The van der Waals surface area contributed by atoms with E-state index in [4.69, 9.17) is 5.73 Å². The summed E-state index contributed by atoms with van der Waals surface area (Å²) in [5.74, 6) is -2.71. The maximum Gasteiger partial charge on any atom is 0.327 e. The molecular formula is C21H27N5O5S. The Labute approximate surface area is 190 Å². The quantitative estimate of drug-likeness (QED) is 0.280. The van der Waals surface area contributed by atoms with Crippen LogP contribution in [0.1, 0.15) is 18.4 Å². The Balaban J connectivity index is 1.80. The lowest BCUT2D eigenvalue weighted by Crippen LogP contribution is -2.56. The van der Waals surface area contributed by atoms with E-state index in [2.05, 4.69) is 28.2 Å². The zero-order valence-electron chi connectivity index (χ0n) is 17.4. The van der Waals surface area contributed by atoms with Crippen LogP contribution < -0.4 is 16.4 Å². The average molecular weight is 462 g/mol. The maximum atomic E-state index is 13.4. The number of fused-ring (bicyclic) bond motifs is 1. The van der Waals surface area contributed by atoms with E-state index in [1.807, 2.05) is 24.3 Å². The van der Waals surface area contributed by atoms with Gasteiger partial charge in [-0.2, -0.15) is 12.6 Å². The van der Waals surface area contributed by atoms with Crippen molar-refractivity contribution < 1.29 is 24.3 Å². The lowest BCUT2D eigenvalue weighted by molar-refractivity contribution is -0.144. The molecule has 11 heteroatoms. The van der Waals surface area contributed by atoms with Crippen molar-refractivity contribution in [3.63, 3.8) is 0 Å². The van der Waals surface area contributed by atoms with Gasteiger partial charge in [0.15, 0.2) is 0 Å². The zero-order valence-corrected chi connectivity index (χ0v) is 18.3. The van der Waals surface area contributed by atoms with Gasteiger partial charge in [-0.15, -0.1) is 0 Å². The van der Waals surface area contributed by atoms with Crippen molar-refractivity contribution in [1.82, 2.24) is 20.5 Å². The predicted molar refractivity (Wildman–Crippen MR) is 121 cm³/mol. The second-order valence-electron chi connectivity index (χ2n) is 7.66. The van der Waals surface area contributed by atoms with E-state index in [9.17, 15) is 24.3 Å². The average Bonchev–Trinajstić information content (AvgIpc) is 3.43. The standard InChI is InChI=1S/C21H27N5O5S/c22-9-18(27)24-15(8-12-10-23-14-5-2-1-4-13(12)14)20(29)26-7-3-6-17(26)19(28)25-16(11-32)21(30)31/h1-2,4-5,10,15-17,23,32H,3,6-9,11,22H2,(H,24,27)(H,25,28)(H,30,31). The molecule has 3 unspecified atom stereocenters. The first-order chi connectivity index (χ1) is 15.3. The number of benzene rings is 1. The summed E-state index contributed by atoms with van der Waals surface area (Å²) in [7, 11) is 0. The molecule has 1 aromatic heterocycles. The molecule has 1 aromatic carbocycles. The number of nitrogens with one attached hydrogen (secondary N) is 3. The molecule has 0 saturated carbocycles. The fourth-order valence-corrected chi connectivity index (χ4v) is 4.18. The number of hydrogen-bond acceptors (Lipinski definition) is 6. The summed E-state index contributed by atoms with van der Waals surface area (Å²) in [6, 6.07) is 4.73. The minimum Gasteiger partial charge on any atom is -0.480 e. The van der Waals surface area contributed by atoms with Gasteiger partial charge in [0, 0.05) is 35.8 Å². The molecule has 0 spiro atoms. The summed E-state index contributed by atoms with van der Waals surface area (Å²) in [4.78, 5) is 54.0. The largest absolute Gasteiger partial charge is 0.480 e. The first-order valence-corrected chi connectivity index (χ1v) is 11.0. The highest BCUT2D eigenvalue weighted by atomic mass is 32.1. The zero-order chi connectivity index (χ0) is 23.3. The number of aromatic amines is 1. The van der Waals surface area contributed by atoms with E-state index in [1.54, 1.807) is 6.20 Å². The third kappa shape index (κ3) is 5.22. The number of carboxylic acid groups (broad SMARTS) is 1. The highest BCUT2D eigenvalue weighted by Crippen LogP contribution is 2.23. The topological polar surface area (TPSA) is 158 Å². The number of amides is 3. The van der Waals surface area contributed by atoms with Crippen molar-refractivity contribution in [2.75, 3.05) is 18.8 Å². The Kier molecular flexibility index (Phi) is 7.75. The predicted octanol–water partition coefficient (Wildman–Crippen LogP) is -0.356. The second-order valence-corrected chi connectivity index (χ2v) is 8.02. The van der Waals surface area contributed by atoms with E-state index in [-0.39, 0.29) is 18.7 Å². The molecule has 3 rings (SSSR count). The normalized spacial score (nSPS) is 17.7. The van der Waals surface area contributed by atoms with Gasteiger partial charge in [0.1, 0.15) is 18.1 Å². The van der Waals surface area contributed by atoms with Crippen LogP contribution in [0.4, 0.5) is 0 Å². The minimum atomic E-state index is -1.20. The van der Waals surface area contributed by atoms with Crippen LogP contribution in [0.3, 0.4) is 0 Å². The number of nitrogens with two attached hydrogens (primary N) is 1. The lowest BCUT2D eigenvalue weighted by atomic mass is 10.0. The van der Waals surface area contributed by atoms with Gasteiger partial charge in [-0.25, -0.2) is 4.79 Å². The molecule has 1 fully saturated rings. The van der Waals surface area contributed by atoms with E-state index < -0.39 is 41.8 Å². The van der Waals surface area contributed by atoms with E-state index in [0.717, 1.165) is 16.5 Å². The molecule has 172 valence electrons. The van der Waals surface area contributed by atoms with Crippen molar-refractivity contribution in [2.45, 2.75) is 37.4 Å². The molecule has 0 radical (unpaired) electrons. The monoisotopic (exact) mass is 461 g/mol. The first-order valence-electron chi connectivity index (χ1n) is 10.3. The minimum absolute atomic E-state index is 0.0719. The fraction of sp³-hybridized carbons (Fsp3) is 0.429. The van der Waals surface area contributed by atoms with E-state index >= 15 is 0 Å². The molecule has 1 aliphatic heterocycles. The van der Waals surface area contributed by atoms with Gasteiger partial charge in [-0.3, -0.25) is 14.4 Å². The Morgan fingerprint density at radius 2 is 1.97 bits per heavy atom. The van der Waals surface area contributed by atoms with Gasteiger partial charge in [0.2, 0.25) is 17.7 Å². The third-order valence-corrected chi connectivity index (χ3v) is 5.92. The molecule has 32 heavy (non-hydrogen) atoms. The molecule has 1 aliphatic rings. The smallest absolute Gasteiger partial charge is 0.327 e. The Bertz CT molecular complexity index is 1010. The van der Waals surface area contributed by atoms with Crippen molar-refractivity contribution in [2.24, 2.45) is 5.73 Å². The number of rotatable bonds is 9. The van der Waals surface area contributed by atoms with Crippen LogP contribution in [0.15, 0.2) is 30.5 Å². The SMILES string of the molecule is NCC(=O)NC(Cc1c[nH]c2ccccc12)C(=O)N1CCCC1C(=O)NC(CS)C(=O)O. The summed E-state index contributed by atoms with van der Waals surface area (Å²) in [6.07, 6.45) is 3.00. The summed E-state index contributed by atoms with van der Waals surface area (Å²) in [6.45, 7) is 0.0578. The number of likely N-dealkylation sites (tertiary alicyclic amines) is 1. The Morgan fingerprint density at radius 1 is 1.22 bits per heavy atom. The van der Waals surface area contributed by atoms with Gasteiger partial charge >= 0.3 is 5.97 Å². The number of thiol groups is 1. The first kappa shape index (κ1) is 23.6. The Morgan fingerprint density at radius 3 is 2.66 bits per heavy atom. The molecule has 0 bridgehead atoms. The molecule has 2 aromatic rings. The highest BCUT2D eigenvalue weighted by molar-refractivity contribution is 7.80. The number of nitrogens with zero attached hydrogens (tertiary/aromatic N) is 1. The van der Waals surface area contributed by atoms with Gasteiger partial charge in [0.25, 0.3) is 0 Å². The molecule has 2 heterocycles. The van der Waals surface area contributed by atoms with Gasteiger partial charge < -0.3 is 31.4 Å². The van der Waals surface area contributed by atoms with Crippen LogP contribution >= 0.6 is 12.6 Å². The lowest BCUT2D eigenvalue weighted by Gasteiger charge is -2.29. The number of para-hydroxylation sites is 1. The summed E-state index contributed by atoms with van der Waals surface area (Å²) in [5.41, 5.74) is 7.19. The van der Waals surface area contributed by atoms with Crippen LogP contribution in [0.5, 0.6) is 0 Å². The number of carbonyl (C=O) groups excluding carboxylic acids is 3. The van der Waals surface area contributed by atoms with Crippen LogP contribution in [-0.4, -0.2) is 75.6 Å². The molecule has 10 nitrogen and oxygen atoms in total. The van der Waals surface area contributed by atoms with Crippen LogP contribution in [0.25, 0.3) is 10.9 Å². The third-order valence-electron chi connectivity index (χ3n) is 5.55. The fourth-order valence-electron chi connectivity index (χ4n) is 3.93. The molecule has 0 aliphatic carbocycles. The number of carbonyl (C=O) groups is 4. The molecular weight excluding hydrogens is 434 g/mol. The molecule has 3 atom stereocenters. The number of hydrogen-bond donors (Lipinski definition) is 6. The Hall–Kier alpha value is -3.05. The van der Waals surface area contributed by atoms with Crippen molar-refractivity contribution in [3.05, 3.63) is 36.0 Å². The molecule has 1 saturated heterocycles. The second kappa shape index (κ2) is 10.5. The van der Waals surface area contributed by atoms with Gasteiger partial charge in [-0.05, 0) is 24.5 Å². The van der Waals surface area contributed by atoms with E-state index in [0.29, 0.717) is 19.4 Å². The summed E-state index contributed by atoms with van der Waals surface area (Å²) >= 11 is 3.96. The summed E-state index contributed by atoms with van der Waals surface area (Å²) < 4.78 is 0. The van der Waals surface area contributed by atoms with E-state index in [1.165, 1.54) is 4.90 Å². The summed E-state index contributed by atoms with van der Waals surface area (Å²) in [5, 5.41) is 15.2. The molecule has 6 N–H and O–H groups in total. The van der Waals surface area contributed by atoms with Crippen molar-refractivity contribution in [3.8, 4) is 0 Å². The van der Waals surface area contributed by atoms with Crippen LogP contribution in [-0.2, 0) is 25.6 Å². The van der Waals surface area contributed by atoms with Gasteiger partial charge in [0.05, 0.1) is 6.54 Å². The van der Waals surface area contributed by atoms with Crippen molar-refractivity contribution in [1.29, 1.82) is 0 Å². The maximum absolute atomic E-state index is 13.4. The number of aliphatic carboxylic acids is 1. The van der Waals surface area contributed by atoms with Crippen LogP contribution in [0.2, 0.25) is 0 Å². The number of H-pyrrole nitrogens is 1. The molecule has 3 amide bonds.